The van der Waals surface area contributed by atoms with Gasteiger partial charge in [-0.2, -0.15) is 0 Å². The van der Waals surface area contributed by atoms with Gasteiger partial charge in [-0.15, -0.1) is 0 Å². The van der Waals surface area contributed by atoms with E-state index in [-0.39, 0.29) is 0 Å². The van der Waals surface area contributed by atoms with E-state index in [0.29, 0.717) is 21.4 Å². The lowest BCUT2D eigenvalue weighted by atomic mass is 9.74. The van der Waals surface area contributed by atoms with E-state index in [1.165, 1.54) is 0 Å². The van der Waals surface area contributed by atoms with Crippen molar-refractivity contribution in [1.82, 2.24) is 4.98 Å². The first-order chi connectivity index (χ1) is 11.1. The third-order valence-electron chi connectivity index (χ3n) is 4.21. The Morgan fingerprint density at radius 1 is 0.739 bits per heavy atom. The van der Waals surface area contributed by atoms with Gasteiger partial charge in [0.25, 0.3) is 0 Å². The van der Waals surface area contributed by atoms with Gasteiger partial charge in [0.05, 0.1) is 0 Å². The van der Waals surface area contributed by atoms with Crippen molar-refractivity contribution < 1.29 is 0 Å². The molecule has 1 aromatic heterocycles. The lowest BCUT2D eigenvalue weighted by Gasteiger charge is -2.12. The fourth-order valence-electron chi connectivity index (χ4n) is 3.09. The fraction of sp³-hybridized carbons (Fsp3) is 0. The minimum atomic E-state index is 0.304. The van der Waals surface area contributed by atoms with Crippen LogP contribution in [0.3, 0.4) is 0 Å². The Morgan fingerprint density at radius 2 is 1.48 bits per heavy atom. The summed E-state index contributed by atoms with van der Waals surface area (Å²) in [5.41, 5.74) is 5.03. The van der Waals surface area contributed by atoms with Crippen molar-refractivity contribution in [2.45, 2.75) is 0 Å². The standard InChI is InChI=1S/C18H9B3ClN/c19-14-13-12-10(9-5-2-1-3-6-9)7-4-8-11(12)23-18(13)16(21)15(20)17(14)22/h1-8,23H. The van der Waals surface area contributed by atoms with Crippen LogP contribution < -0.4 is 16.4 Å². The van der Waals surface area contributed by atoms with E-state index in [0.717, 1.165) is 32.9 Å². The van der Waals surface area contributed by atoms with Gasteiger partial charge in [0.1, 0.15) is 23.5 Å². The zero-order chi connectivity index (χ0) is 16.1. The molecular formula is C18H9B3ClN. The summed E-state index contributed by atoms with van der Waals surface area (Å²) in [5.74, 6) is 0. The maximum Gasteiger partial charge on any atom is 0.116 e. The van der Waals surface area contributed by atoms with Crippen LogP contribution in [0.4, 0.5) is 0 Å². The minimum absolute atomic E-state index is 0.304. The van der Waals surface area contributed by atoms with E-state index in [9.17, 15) is 0 Å². The van der Waals surface area contributed by atoms with Gasteiger partial charge in [-0.1, -0.05) is 70.5 Å². The zero-order valence-electron chi connectivity index (χ0n) is 12.2. The second-order valence-electron chi connectivity index (χ2n) is 5.52. The monoisotopic (exact) mass is 307 g/mol. The summed E-state index contributed by atoms with van der Waals surface area (Å²) in [6.45, 7) is 0. The third kappa shape index (κ3) is 2.05. The number of fused-ring (bicyclic) bond motifs is 3. The van der Waals surface area contributed by atoms with Crippen LogP contribution >= 0.6 is 11.6 Å². The normalized spacial score (nSPS) is 11.3. The topological polar surface area (TPSA) is 15.8 Å². The highest BCUT2D eigenvalue weighted by Gasteiger charge is 2.16. The molecule has 0 bridgehead atoms. The average molecular weight is 307 g/mol. The molecule has 4 aromatic rings. The number of rotatable bonds is 1. The highest BCUT2D eigenvalue weighted by molar-refractivity contribution is 6.64. The van der Waals surface area contributed by atoms with Gasteiger partial charge in [-0.05, 0) is 17.2 Å². The van der Waals surface area contributed by atoms with Crippen molar-refractivity contribution in [1.29, 1.82) is 0 Å². The van der Waals surface area contributed by atoms with E-state index < -0.39 is 0 Å². The maximum absolute atomic E-state index is 6.27. The molecule has 5 heteroatoms. The number of benzene rings is 3. The van der Waals surface area contributed by atoms with Crippen LogP contribution in [-0.2, 0) is 0 Å². The Morgan fingerprint density at radius 3 is 2.22 bits per heavy atom. The number of H-pyrrole nitrogens is 1. The number of hydrogen-bond donors (Lipinski definition) is 1. The molecule has 1 heterocycles. The van der Waals surface area contributed by atoms with Crippen molar-refractivity contribution in [3.8, 4) is 11.1 Å². The molecule has 0 amide bonds. The minimum Gasteiger partial charge on any atom is -0.355 e. The SMILES string of the molecule is [B]c1c(Cl)c([B])c2c([nH]c3cccc(-c4ccccc4)c32)c1[B]. The van der Waals surface area contributed by atoms with Crippen LogP contribution in [-0.4, -0.2) is 28.5 Å². The molecule has 0 spiro atoms. The zero-order valence-corrected chi connectivity index (χ0v) is 13.0. The van der Waals surface area contributed by atoms with Gasteiger partial charge < -0.3 is 4.98 Å². The van der Waals surface area contributed by atoms with E-state index >= 15 is 0 Å². The number of nitrogens with one attached hydrogen (secondary N) is 1. The van der Waals surface area contributed by atoms with Crippen LogP contribution in [0.1, 0.15) is 0 Å². The van der Waals surface area contributed by atoms with Crippen LogP contribution in [0.25, 0.3) is 32.9 Å². The summed E-state index contributed by atoms with van der Waals surface area (Å²) in [6.07, 6.45) is 0. The predicted molar refractivity (Wildman–Crippen MR) is 102 cm³/mol. The molecule has 102 valence electrons. The lowest BCUT2D eigenvalue weighted by molar-refractivity contribution is 1.56. The molecule has 0 fully saturated rings. The highest BCUT2D eigenvalue weighted by Crippen LogP contribution is 2.33. The molecular weight excluding hydrogens is 298 g/mol. The van der Waals surface area contributed by atoms with Crippen molar-refractivity contribution in [2.75, 3.05) is 0 Å². The van der Waals surface area contributed by atoms with Gasteiger partial charge >= 0.3 is 0 Å². The molecule has 1 nitrogen and oxygen atoms in total. The summed E-state index contributed by atoms with van der Waals surface area (Å²) < 4.78 is 0. The number of halogens is 1. The Hall–Kier alpha value is -2.06. The Labute approximate surface area is 143 Å². The molecule has 6 radical (unpaired) electrons. The molecule has 0 aliphatic heterocycles. The number of aromatic nitrogens is 1. The lowest BCUT2D eigenvalue weighted by Crippen LogP contribution is -2.32. The van der Waals surface area contributed by atoms with Gasteiger partial charge in [0.2, 0.25) is 0 Å². The molecule has 0 saturated heterocycles. The summed E-state index contributed by atoms with van der Waals surface area (Å²) in [6, 6.07) is 16.2. The van der Waals surface area contributed by atoms with Crippen molar-refractivity contribution in [2.24, 2.45) is 0 Å². The third-order valence-corrected chi connectivity index (χ3v) is 4.62. The molecule has 0 aliphatic carbocycles. The first kappa shape index (κ1) is 14.5. The molecule has 1 N–H and O–H groups in total. The smallest absolute Gasteiger partial charge is 0.116 e. The molecule has 0 saturated carbocycles. The molecule has 3 aromatic carbocycles. The maximum atomic E-state index is 6.27. The quantitative estimate of drug-likeness (QED) is 0.518. The van der Waals surface area contributed by atoms with Crippen molar-refractivity contribution >= 4 is 73.3 Å². The number of hydrogen-bond acceptors (Lipinski definition) is 0. The second-order valence-corrected chi connectivity index (χ2v) is 5.90. The number of aromatic amines is 1. The van der Waals surface area contributed by atoms with Gasteiger partial charge in [0, 0.05) is 26.8 Å². The van der Waals surface area contributed by atoms with Crippen molar-refractivity contribution in [3.05, 3.63) is 53.6 Å². The van der Waals surface area contributed by atoms with E-state index in [1.54, 1.807) is 0 Å². The summed E-state index contributed by atoms with van der Waals surface area (Å²) in [7, 11) is 18.4. The van der Waals surface area contributed by atoms with Gasteiger partial charge in [0.15, 0.2) is 0 Å². The Balaban J connectivity index is 2.24. The average Bonchev–Trinajstić information content (AvgIpc) is 2.98. The van der Waals surface area contributed by atoms with Gasteiger partial charge in [-0.25, -0.2) is 0 Å². The van der Waals surface area contributed by atoms with Crippen LogP contribution in [0, 0.1) is 0 Å². The summed E-state index contributed by atoms with van der Waals surface area (Å²) in [5, 5.41) is 2.12. The van der Waals surface area contributed by atoms with Crippen LogP contribution in [0.5, 0.6) is 0 Å². The predicted octanol–water partition coefficient (Wildman–Crippen LogP) is 2.02. The van der Waals surface area contributed by atoms with E-state index in [4.69, 9.17) is 35.1 Å². The second kappa shape index (κ2) is 5.24. The largest absolute Gasteiger partial charge is 0.355 e. The first-order valence-corrected chi connectivity index (χ1v) is 7.59. The first-order valence-electron chi connectivity index (χ1n) is 7.21. The molecule has 0 unspecified atom stereocenters. The summed E-state index contributed by atoms with van der Waals surface area (Å²) in [4.78, 5) is 3.32. The molecule has 4 rings (SSSR count). The van der Waals surface area contributed by atoms with Crippen molar-refractivity contribution in [3.63, 3.8) is 0 Å². The van der Waals surface area contributed by atoms with Crippen LogP contribution in [0.2, 0.25) is 5.02 Å². The van der Waals surface area contributed by atoms with E-state index in [1.807, 2.05) is 30.3 Å². The van der Waals surface area contributed by atoms with Crippen LogP contribution in [0.15, 0.2) is 48.5 Å². The Bertz CT molecular complexity index is 1050. The molecule has 23 heavy (non-hydrogen) atoms. The molecule has 0 atom stereocenters. The van der Waals surface area contributed by atoms with Gasteiger partial charge in [-0.3, -0.25) is 0 Å². The molecule has 0 aliphatic rings. The fourth-order valence-corrected chi connectivity index (χ4v) is 3.28. The highest BCUT2D eigenvalue weighted by atomic mass is 35.5. The Kier molecular flexibility index (Phi) is 3.31. The summed E-state index contributed by atoms with van der Waals surface area (Å²) >= 11 is 6.27. The van der Waals surface area contributed by atoms with E-state index in [2.05, 4.69) is 23.2 Å².